The lowest BCUT2D eigenvalue weighted by atomic mass is 10.1. The Balaban J connectivity index is 1.53. The van der Waals surface area contributed by atoms with E-state index >= 15 is 0 Å². The van der Waals surface area contributed by atoms with Crippen LogP contribution in [0.2, 0.25) is 0 Å². The van der Waals surface area contributed by atoms with Gasteiger partial charge in [0, 0.05) is 11.4 Å². The molecule has 0 radical (unpaired) electrons. The van der Waals surface area contributed by atoms with Crippen molar-refractivity contribution in [2.24, 2.45) is 0 Å². The zero-order valence-electron chi connectivity index (χ0n) is 11.5. The predicted octanol–water partition coefficient (Wildman–Crippen LogP) is 3.22. The third-order valence-electron chi connectivity index (χ3n) is 3.62. The van der Waals surface area contributed by atoms with E-state index in [0.717, 1.165) is 11.1 Å². The summed E-state index contributed by atoms with van der Waals surface area (Å²) >= 11 is 0. The van der Waals surface area contributed by atoms with Crippen LogP contribution in [0.15, 0.2) is 46.9 Å². The van der Waals surface area contributed by atoms with Crippen molar-refractivity contribution in [1.82, 2.24) is 15.5 Å². The Morgan fingerprint density at radius 2 is 1.90 bits per heavy atom. The quantitative estimate of drug-likeness (QED) is 0.751. The van der Waals surface area contributed by atoms with Crippen molar-refractivity contribution in [2.75, 3.05) is 5.32 Å². The summed E-state index contributed by atoms with van der Waals surface area (Å²) in [6.07, 6.45) is 2.49. The summed E-state index contributed by atoms with van der Waals surface area (Å²) in [7, 11) is 0. The Bertz CT molecular complexity index is 758. The number of nitrogens with one attached hydrogen (secondary N) is 2. The molecule has 1 heterocycles. The van der Waals surface area contributed by atoms with E-state index in [-0.39, 0.29) is 0 Å². The Morgan fingerprint density at radius 1 is 1.05 bits per heavy atom. The highest BCUT2D eigenvalue weighted by Gasteiger charge is 2.21. The van der Waals surface area contributed by atoms with Gasteiger partial charge in [0.1, 0.15) is 0 Å². The van der Waals surface area contributed by atoms with Gasteiger partial charge in [-0.2, -0.15) is 0 Å². The molecule has 2 N–H and O–H groups in total. The Labute approximate surface area is 122 Å². The van der Waals surface area contributed by atoms with E-state index in [4.69, 9.17) is 4.42 Å². The largest absolute Gasteiger partial charge is 0.406 e. The lowest BCUT2D eigenvalue weighted by Crippen LogP contribution is -2.15. The molecule has 3 aromatic rings. The van der Waals surface area contributed by atoms with Crippen molar-refractivity contribution in [3.8, 4) is 0 Å². The number of hydrogen-bond acceptors (Lipinski definition) is 5. The van der Waals surface area contributed by atoms with Gasteiger partial charge in [0.05, 0.1) is 12.2 Å². The van der Waals surface area contributed by atoms with Crippen LogP contribution in [-0.4, -0.2) is 16.2 Å². The van der Waals surface area contributed by atoms with Gasteiger partial charge in [-0.25, -0.2) is 0 Å². The second kappa shape index (κ2) is 5.18. The molecule has 0 unspecified atom stereocenters. The summed E-state index contributed by atoms with van der Waals surface area (Å²) in [5.74, 6) is 0.615. The molecule has 1 aliphatic rings. The molecule has 5 nitrogen and oxygen atoms in total. The summed E-state index contributed by atoms with van der Waals surface area (Å²) in [4.78, 5) is 0. The average molecular weight is 280 g/mol. The van der Waals surface area contributed by atoms with Gasteiger partial charge in [0.15, 0.2) is 0 Å². The van der Waals surface area contributed by atoms with E-state index in [0.29, 0.717) is 24.5 Å². The molecule has 1 fully saturated rings. The maximum Gasteiger partial charge on any atom is 0.320 e. The fraction of sp³-hybridized carbons (Fsp3) is 0.250. The first-order valence-electron chi connectivity index (χ1n) is 7.19. The molecule has 1 aliphatic carbocycles. The highest BCUT2D eigenvalue weighted by molar-refractivity contribution is 5.94. The minimum atomic E-state index is 0.430. The molecule has 0 amide bonds. The number of nitrogens with zero attached hydrogens (tertiary/aromatic N) is 2. The summed E-state index contributed by atoms with van der Waals surface area (Å²) in [6, 6.07) is 15.4. The van der Waals surface area contributed by atoms with Gasteiger partial charge in [-0.1, -0.05) is 41.5 Å². The Hall–Kier alpha value is -2.40. The molecule has 0 atom stereocenters. The maximum absolute atomic E-state index is 5.62. The SMILES string of the molecule is c1ccc2c(Nc3nnc(CNC4CC4)o3)cccc2c1. The van der Waals surface area contributed by atoms with Gasteiger partial charge >= 0.3 is 6.01 Å². The number of anilines is 2. The molecule has 21 heavy (non-hydrogen) atoms. The predicted molar refractivity (Wildman–Crippen MR) is 81.4 cm³/mol. The third-order valence-corrected chi connectivity index (χ3v) is 3.62. The number of benzene rings is 2. The lowest BCUT2D eigenvalue weighted by molar-refractivity contribution is 0.478. The molecular formula is C16H16N4O. The van der Waals surface area contributed by atoms with Crippen LogP contribution in [0.1, 0.15) is 18.7 Å². The zero-order valence-corrected chi connectivity index (χ0v) is 11.5. The van der Waals surface area contributed by atoms with E-state index in [1.165, 1.54) is 18.2 Å². The molecule has 0 bridgehead atoms. The van der Waals surface area contributed by atoms with Crippen LogP contribution in [0.5, 0.6) is 0 Å². The van der Waals surface area contributed by atoms with Crippen LogP contribution in [0.25, 0.3) is 10.8 Å². The second-order valence-electron chi connectivity index (χ2n) is 5.31. The molecule has 0 saturated heterocycles. The molecule has 0 spiro atoms. The van der Waals surface area contributed by atoms with Gasteiger partial charge in [-0.05, 0) is 24.3 Å². The van der Waals surface area contributed by atoms with E-state index in [2.05, 4.69) is 39.0 Å². The van der Waals surface area contributed by atoms with Crippen LogP contribution in [0, 0.1) is 0 Å². The zero-order chi connectivity index (χ0) is 14.1. The van der Waals surface area contributed by atoms with Crippen molar-refractivity contribution >= 4 is 22.5 Å². The van der Waals surface area contributed by atoms with E-state index in [1.54, 1.807) is 0 Å². The van der Waals surface area contributed by atoms with E-state index < -0.39 is 0 Å². The van der Waals surface area contributed by atoms with Crippen molar-refractivity contribution in [3.05, 3.63) is 48.4 Å². The standard InChI is InChI=1S/C16H16N4O/c1-2-6-13-11(4-1)5-3-7-14(13)18-16-20-19-15(21-16)10-17-12-8-9-12/h1-7,12,17H,8-10H2,(H,18,20). The monoisotopic (exact) mass is 280 g/mol. The highest BCUT2D eigenvalue weighted by Crippen LogP contribution is 2.26. The maximum atomic E-state index is 5.62. The highest BCUT2D eigenvalue weighted by atomic mass is 16.4. The molecule has 2 aromatic carbocycles. The minimum absolute atomic E-state index is 0.430. The first-order chi connectivity index (χ1) is 10.4. The van der Waals surface area contributed by atoms with Crippen LogP contribution in [0.3, 0.4) is 0 Å². The van der Waals surface area contributed by atoms with Gasteiger partial charge in [0.2, 0.25) is 5.89 Å². The van der Waals surface area contributed by atoms with Gasteiger partial charge in [-0.15, -0.1) is 5.10 Å². The summed E-state index contributed by atoms with van der Waals surface area (Å²) in [5, 5.41) is 17.0. The van der Waals surface area contributed by atoms with Crippen LogP contribution < -0.4 is 10.6 Å². The fourth-order valence-electron chi connectivity index (χ4n) is 2.34. The Morgan fingerprint density at radius 3 is 2.81 bits per heavy atom. The normalized spacial score (nSPS) is 14.5. The summed E-state index contributed by atoms with van der Waals surface area (Å²) < 4.78 is 5.62. The van der Waals surface area contributed by atoms with Crippen molar-refractivity contribution in [2.45, 2.75) is 25.4 Å². The third kappa shape index (κ3) is 2.73. The minimum Gasteiger partial charge on any atom is -0.406 e. The molecule has 1 aromatic heterocycles. The van der Waals surface area contributed by atoms with Gasteiger partial charge < -0.3 is 15.1 Å². The van der Waals surface area contributed by atoms with E-state index in [9.17, 15) is 0 Å². The molecule has 1 saturated carbocycles. The topological polar surface area (TPSA) is 63.0 Å². The molecule has 0 aliphatic heterocycles. The van der Waals surface area contributed by atoms with Gasteiger partial charge in [-0.3, -0.25) is 0 Å². The van der Waals surface area contributed by atoms with Crippen LogP contribution in [-0.2, 0) is 6.54 Å². The number of aromatic nitrogens is 2. The first-order valence-corrected chi connectivity index (χ1v) is 7.19. The van der Waals surface area contributed by atoms with Gasteiger partial charge in [0.25, 0.3) is 0 Å². The molecule has 5 heteroatoms. The summed E-state index contributed by atoms with van der Waals surface area (Å²) in [6.45, 7) is 0.634. The first kappa shape index (κ1) is 12.3. The smallest absolute Gasteiger partial charge is 0.320 e. The molecule has 106 valence electrons. The number of rotatable bonds is 5. The molecular weight excluding hydrogens is 264 g/mol. The lowest BCUT2D eigenvalue weighted by Gasteiger charge is -2.05. The average Bonchev–Trinajstić information content (AvgIpc) is 3.25. The number of hydrogen-bond donors (Lipinski definition) is 2. The van der Waals surface area contributed by atoms with Crippen molar-refractivity contribution < 1.29 is 4.42 Å². The molecule has 4 rings (SSSR count). The van der Waals surface area contributed by atoms with E-state index in [1.807, 2.05) is 24.3 Å². The van der Waals surface area contributed by atoms with Crippen molar-refractivity contribution in [3.63, 3.8) is 0 Å². The number of fused-ring (bicyclic) bond motifs is 1. The van der Waals surface area contributed by atoms with Crippen LogP contribution in [0.4, 0.5) is 11.7 Å². The fourth-order valence-corrected chi connectivity index (χ4v) is 2.34. The van der Waals surface area contributed by atoms with Crippen LogP contribution >= 0.6 is 0 Å². The summed E-state index contributed by atoms with van der Waals surface area (Å²) in [5.41, 5.74) is 0.971. The van der Waals surface area contributed by atoms with Crippen molar-refractivity contribution in [1.29, 1.82) is 0 Å². The Kier molecular flexibility index (Phi) is 3.05. The second-order valence-corrected chi connectivity index (χ2v) is 5.31.